The highest BCUT2D eigenvalue weighted by molar-refractivity contribution is 5.64. The van der Waals surface area contributed by atoms with E-state index in [4.69, 9.17) is 4.42 Å². The first-order chi connectivity index (χ1) is 11.1. The smallest absolute Gasteiger partial charge is 0.278 e. The summed E-state index contributed by atoms with van der Waals surface area (Å²) in [5.74, 6) is 2.11. The minimum absolute atomic E-state index is 0.00219. The molecule has 1 aliphatic rings. The van der Waals surface area contributed by atoms with Crippen LogP contribution in [0.4, 0.5) is 0 Å². The Labute approximate surface area is 132 Å². The Morgan fingerprint density at radius 2 is 2.22 bits per heavy atom. The predicted molar refractivity (Wildman–Crippen MR) is 84.3 cm³/mol. The van der Waals surface area contributed by atoms with Crippen LogP contribution >= 0.6 is 0 Å². The number of nitriles is 1. The molecule has 3 aromatic heterocycles. The van der Waals surface area contributed by atoms with Crippen molar-refractivity contribution in [2.75, 3.05) is 0 Å². The van der Waals surface area contributed by atoms with E-state index in [2.05, 4.69) is 16.2 Å². The summed E-state index contributed by atoms with van der Waals surface area (Å²) < 4.78 is 7.21. The fourth-order valence-electron chi connectivity index (χ4n) is 2.92. The Morgan fingerprint density at radius 1 is 1.43 bits per heavy atom. The molecule has 3 heterocycles. The van der Waals surface area contributed by atoms with Gasteiger partial charge in [-0.2, -0.15) is 14.9 Å². The standard InChI is InChI=1S/C17H16N4O2/c1-9(2)14-15(13-6-5-12(23-13)10-3-4-10)20-16-11(7-18)8-19-21(16)17(14)22/h5-6,8-10,20H,3-4H2,1-2H3. The van der Waals surface area contributed by atoms with Gasteiger partial charge < -0.3 is 9.40 Å². The fraction of sp³-hybridized carbons (Fsp3) is 0.353. The number of aromatic amines is 1. The average Bonchev–Trinajstić information content (AvgIpc) is 3.11. The molecule has 0 radical (unpaired) electrons. The third kappa shape index (κ3) is 2.08. The minimum Gasteiger partial charge on any atom is -0.459 e. The van der Waals surface area contributed by atoms with Crippen LogP contribution in [0.1, 0.15) is 55.4 Å². The van der Waals surface area contributed by atoms with Crippen LogP contribution in [0.15, 0.2) is 27.5 Å². The van der Waals surface area contributed by atoms with E-state index in [1.54, 1.807) is 0 Å². The van der Waals surface area contributed by atoms with Crippen LogP contribution in [0.25, 0.3) is 17.1 Å². The Balaban J connectivity index is 2.00. The normalized spacial score (nSPS) is 14.5. The molecule has 6 heteroatoms. The van der Waals surface area contributed by atoms with Crippen molar-refractivity contribution in [1.29, 1.82) is 5.26 Å². The molecule has 1 aliphatic carbocycles. The zero-order valence-electron chi connectivity index (χ0n) is 13.0. The number of furan rings is 1. The highest BCUT2D eigenvalue weighted by atomic mass is 16.3. The monoisotopic (exact) mass is 308 g/mol. The number of nitrogens with zero attached hydrogens (tertiary/aromatic N) is 3. The van der Waals surface area contributed by atoms with Crippen LogP contribution in [0.3, 0.4) is 0 Å². The SMILES string of the molecule is CC(C)c1c(-c2ccc(C3CC3)o2)[nH]c2c(C#N)cnn2c1=O. The summed E-state index contributed by atoms with van der Waals surface area (Å²) in [5.41, 5.74) is 1.78. The van der Waals surface area contributed by atoms with Crippen LogP contribution in [0.2, 0.25) is 0 Å². The van der Waals surface area contributed by atoms with E-state index in [1.165, 1.54) is 10.7 Å². The second-order valence-corrected chi connectivity index (χ2v) is 6.28. The summed E-state index contributed by atoms with van der Waals surface area (Å²) in [6.07, 6.45) is 3.71. The molecule has 0 saturated heterocycles. The number of aromatic nitrogens is 3. The number of hydrogen-bond acceptors (Lipinski definition) is 4. The number of fused-ring (bicyclic) bond motifs is 1. The molecular formula is C17H16N4O2. The van der Waals surface area contributed by atoms with Gasteiger partial charge in [-0.15, -0.1) is 0 Å². The first kappa shape index (κ1) is 13.8. The van der Waals surface area contributed by atoms with Gasteiger partial charge in [0, 0.05) is 11.5 Å². The molecule has 0 aliphatic heterocycles. The summed E-state index contributed by atoms with van der Waals surface area (Å²) in [5, 5.41) is 13.2. The third-order valence-corrected chi connectivity index (χ3v) is 4.26. The molecule has 0 amide bonds. The molecule has 1 N–H and O–H groups in total. The van der Waals surface area contributed by atoms with Crippen molar-refractivity contribution in [3.05, 3.63) is 45.6 Å². The van der Waals surface area contributed by atoms with E-state index in [0.29, 0.717) is 34.1 Å². The molecule has 0 aromatic carbocycles. The van der Waals surface area contributed by atoms with Crippen LogP contribution in [-0.4, -0.2) is 14.6 Å². The van der Waals surface area contributed by atoms with E-state index in [0.717, 1.165) is 18.6 Å². The molecule has 0 unspecified atom stereocenters. The van der Waals surface area contributed by atoms with Gasteiger partial charge in [0.1, 0.15) is 17.4 Å². The number of nitrogens with one attached hydrogen (secondary N) is 1. The lowest BCUT2D eigenvalue weighted by molar-refractivity contribution is 0.522. The fourth-order valence-corrected chi connectivity index (χ4v) is 2.92. The maximum Gasteiger partial charge on any atom is 0.278 e. The van der Waals surface area contributed by atoms with Gasteiger partial charge in [0.15, 0.2) is 11.4 Å². The molecule has 0 atom stereocenters. The Hall–Kier alpha value is -2.81. The van der Waals surface area contributed by atoms with Gasteiger partial charge in [0.2, 0.25) is 0 Å². The van der Waals surface area contributed by atoms with Crippen molar-refractivity contribution in [3.63, 3.8) is 0 Å². The van der Waals surface area contributed by atoms with E-state index >= 15 is 0 Å². The van der Waals surface area contributed by atoms with E-state index in [1.807, 2.05) is 26.0 Å². The maximum atomic E-state index is 12.8. The van der Waals surface area contributed by atoms with Gasteiger partial charge in [0.05, 0.1) is 11.9 Å². The lowest BCUT2D eigenvalue weighted by Gasteiger charge is -2.11. The molecule has 0 bridgehead atoms. The Kier molecular flexibility index (Phi) is 2.91. The highest BCUT2D eigenvalue weighted by Gasteiger charge is 2.28. The zero-order valence-corrected chi connectivity index (χ0v) is 13.0. The van der Waals surface area contributed by atoms with Crippen LogP contribution < -0.4 is 5.56 Å². The van der Waals surface area contributed by atoms with Crippen molar-refractivity contribution in [2.45, 2.75) is 38.5 Å². The number of hydrogen-bond donors (Lipinski definition) is 1. The minimum atomic E-state index is -0.213. The summed E-state index contributed by atoms with van der Waals surface area (Å²) in [7, 11) is 0. The maximum absolute atomic E-state index is 12.8. The molecular weight excluding hydrogens is 292 g/mol. The predicted octanol–water partition coefficient (Wildman–Crippen LogP) is 3.16. The van der Waals surface area contributed by atoms with Gasteiger partial charge >= 0.3 is 0 Å². The second-order valence-electron chi connectivity index (χ2n) is 6.28. The largest absolute Gasteiger partial charge is 0.459 e. The lowest BCUT2D eigenvalue weighted by Crippen LogP contribution is -2.22. The summed E-state index contributed by atoms with van der Waals surface area (Å²) in [4.78, 5) is 16.0. The Bertz CT molecular complexity index is 996. The van der Waals surface area contributed by atoms with Crippen LogP contribution in [-0.2, 0) is 0 Å². The lowest BCUT2D eigenvalue weighted by atomic mass is 10.0. The summed E-state index contributed by atoms with van der Waals surface area (Å²) in [6, 6.07) is 5.92. The van der Waals surface area contributed by atoms with Crippen molar-refractivity contribution in [3.8, 4) is 17.5 Å². The summed E-state index contributed by atoms with van der Waals surface area (Å²) >= 11 is 0. The van der Waals surface area contributed by atoms with Crippen LogP contribution in [0.5, 0.6) is 0 Å². The quantitative estimate of drug-likeness (QED) is 0.805. The molecule has 4 rings (SSSR count). The van der Waals surface area contributed by atoms with Gasteiger partial charge in [-0.25, -0.2) is 0 Å². The van der Waals surface area contributed by atoms with Gasteiger partial charge in [-0.05, 0) is 30.9 Å². The third-order valence-electron chi connectivity index (χ3n) is 4.26. The van der Waals surface area contributed by atoms with Crippen molar-refractivity contribution in [2.24, 2.45) is 0 Å². The first-order valence-electron chi connectivity index (χ1n) is 7.74. The number of rotatable bonds is 3. The van der Waals surface area contributed by atoms with Crippen molar-refractivity contribution < 1.29 is 4.42 Å². The molecule has 3 aromatic rings. The zero-order chi connectivity index (χ0) is 16.1. The van der Waals surface area contributed by atoms with E-state index < -0.39 is 0 Å². The van der Waals surface area contributed by atoms with Gasteiger partial charge in [-0.3, -0.25) is 4.79 Å². The molecule has 6 nitrogen and oxygen atoms in total. The number of H-pyrrole nitrogens is 1. The van der Waals surface area contributed by atoms with Crippen molar-refractivity contribution >= 4 is 5.65 Å². The average molecular weight is 308 g/mol. The summed E-state index contributed by atoms with van der Waals surface area (Å²) in [6.45, 7) is 3.92. The van der Waals surface area contributed by atoms with E-state index in [-0.39, 0.29) is 11.5 Å². The highest BCUT2D eigenvalue weighted by Crippen LogP contribution is 2.42. The molecule has 23 heavy (non-hydrogen) atoms. The molecule has 1 saturated carbocycles. The van der Waals surface area contributed by atoms with Crippen molar-refractivity contribution in [1.82, 2.24) is 14.6 Å². The second kappa shape index (κ2) is 4.85. The molecule has 1 fully saturated rings. The van der Waals surface area contributed by atoms with Gasteiger partial charge in [0.25, 0.3) is 5.56 Å². The van der Waals surface area contributed by atoms with Gasteiger partial charge in [-0.1, -0.05) is 13.8 Å². The van der Waals surface area contributed by atoms with Crippen LogP contribution in [0, 0.1) is 11.3 Å². The molecule has 0 spiro atoms. The topological polar surface area (TPSA) is 87.1 Å². The van der Waals surface area contributed by atoms with E-state index in [9.17, 15) is 10.1 Å². The first-order valence-corrected chi connectivity index (χ1v) is 7.74. The molecule has 116 valence electrons. The Morgan fingerprint density at radius 3 is 2.87 bits per heavy atom.